The van der Waals surface area contributed by atoms with Crippen LogP contribution in [0.2, 0.25) is 0 Å². The van der Waals surface area contributed by atoms with E-state index in [-0.39, 0.29) is 16.8 Å². The van der Waals surface area contributed by atoms with Crippen molar-refractivity contribution in [2.45, 2.75) is 43.5 Å². The van der Waals surface area contributed by atoms with Gasteiger partial charge in [0, 0.05) is 17.0 Å². The molecule has 0 spiro atoms. The molecule has 0 saturated heterocycles. The summed E-state index contributed by atoms with van der Waals surface area (Å²) >= 11 is 1.35. The third-order valence-corrected chi connectivity index (χ3v) is 6.36. The summed E-state index contributed by atoms with van der Waals surface area (Å²) in [5.74, 6) is -0.308. The molecule has 0 unspecified atom stereocenters. The normalized spacial score (nSPS) is 15.5. The number of thiazole rings is 1. The minimum Gasteiger partial charge on any atom is -0.298 e. The number of anilines is 1. The number of carbonyl (C=O) groups is 1. The maximum atomic E-state index is 12.3. The highest BCUT2D eigenvalue weighted by Crippen LogP contribution is 2.21. The number of nitrogens with zero attached hydrogens (tertiary/aromatic N) is 1. The molecule has 1 amide bonds. The van der Waals surface area contributed by atoms with E-state index in [1.807, 2.05) is 12.3 Å². The summed E-state index contributed by atoms with van der Waals surface area (Å²) in [6, 6.07) is 5.96. The van der Waals surface area contributed by atoms with Gasteiger partial charge in [-0.15, -0.1) is 11.3 Å². The predicted molar refractivity (Wildman–Crippen MR) is 93.8 cm³/mol. The van der Waals surface area contributed by atoms with Crippen molar-refractivity contribution in [1.82, 2.24) is 9.71 Å². The van der Waals surface area contributed by atoms with Gasteiger partial charge in [-0.25, -0.2) is 18.1 Å². The van der Waals surface area contributed by atoms with Gasteiger partial charge in [0.15, 0.2) is 5.13 Å². The van der Waals surface area contributed by atoms with Crippen LogP contribution in [-0.4, -0.2) is 25.4 Å². The van der Waals surface area contributed by atoms with Crippen LogP contribution in [-0.2, 0) is 10.0 Å². The number of nitrogens with one attached hydrogen (secondary N) is 2. The molecule has 8 heteroatoms. The van der Waals surface area contributed by atoms with Gasteiger partial charge in [-0.1, -0.05) is 12.8 Å². The molecule has 128 valence electrons. The number of sulfonamides is 1. The second-order valence-corrected chi connectivity index (χ2v) is 8.45. The highest BCUT2D eigenvalue weighted by molar-refractivity contribution is 7.89. The van der Waals surface area contributed by atoms with Gasteiger partial charge in [0.1, 0.15) is 0 Å². The van der Waals surface area contributed by atoms with Crippen LogP contribution in [0.25, 0.3) is 0 Å². The molecule has 1 saturated carbocycles. The average molecular weight is 365 g/mol. The van der Waals surface area contributed by atoms with Crippen molar-refractivity contribution in [1.29, 1.82) is 0 Å². The van der Waals surface area contributed by atoms with Gasteiger partial charge in [0.05, 0.1) is 10.6 Å². The molecule has 1 heterocycles. The Bertz CT molecular complexity index is 823. The Morgan fingerprint density at radius 2 is 1.88 bits per heavy atom. The Labute approximate surface area is 145 Å². The second kappa shape index (κ2) is 7.00. The monoisotopic (exact) mass is 365 g/mol. The molecule has 24 heavy (non-hydrogen) atoms. The first kappa shape index (κ1) is 17.1. The van der Waals surface area contributed by atoms with E-state index in [1.54, 1.807) is 0 Å². The topological polar surface area (TPSA) is 88.2 Å². The lowest BCUT2D eigenvalue weighted by Crippen LogP contribution is -2.32. The van der Waals surface area contributed by atoms with Gasteiger partial charge in [-0.05, 0) is 44.0 Å². The Kier molecular flexibility index (Phi) is 4.98. The average Bonchev–Trinajstić information content (AvgIpc) is 3.19. The first-order valence-electron chi connectivity index (χ1n) is 7.80. The molecule has 1 aliphatic rings. The summed E-state index contributed by atoms with van der Waals surface area (Å²) in [5.41, 5.74) is 1.23. The summed E-state index contributed by atoms with van der Waals surface area (Å²) in [7, 11) is -3.53. The zero-order valence-electron chi connectivity index (χ0n) is 13.3. The van der Waals surface area contributed by atoms with E-state index in [2.05, 4.69) is 15.0 Å². The number of aryl methyl sites for hydroxylation is 1. The van der Waals surface area contributed by atoms with E-state index in [4.69, 9.17) is 0 Å². The number of aromatic nitrogens is 1. The van der Waals surface area contributed by atoms with Crippen LogP contribution in [0.3, 0.4) is 0 Å². The number of amides is 1. The Morgan fingerprint density at radius 3 is 2.46 bits per heavy atom. The molecule has 1 aliphatic carbocycles. The van der Waals surface area contributed by atoms with Gasteiger partial charge in [0.25, 0.3) is 5.91 Å². The molecule has 1 fully saturated rings. The summed E-state index contributed by atoms with van der Waals surface area (Å²) in [5, 5.41) is 5.07. The third-order valence-electron chi connectivity index (χ3n) is 3.94. The number of hydrogen-bond acceptors (Lipinski definition) is 5. The van der Waals surface area contributed by atoms with Gasteiger partial charge >= 0.3 is 0 Å². The maximum Gasteiger partial charge on any atom is 0.257 e. The zero-order valence-corrected chi connectivity index (χ0v) is 14.9. The predicted octanol–water partition coefficient (Wildman–Crippen LogP) is 2.92. The molecular formula is C16H19N3O3S2. The first-order valence-corrected chi connectivity index (χ1v) is 10.2. The third kappa shape index (κ3) is 4.00. The van der Waals surface area contributed by atoms with E-state index in [9.17, 15) is 13.2 Å². The van der Waals surface area contributed by atoms with E-state index in [0.29, 0.717) is 10.7 Å². The van der Waals surface area contributed by atoms with Gasteiger partial charge in [-0.2, -0.15) is 0 Å². The van der Waals surface area contributed by atoms with E-state index in [1.165, 1.54) is 35.6 Å². The van der Waals surface area contributed by atoms with Gasteiger partial charge in [-0.3, -0.25) is 10.1 Å². The molecule has 0 atom stereocenters. The summed E-state index contributed by atoms with van der Waals surface area (Å²) in [6.07, 6.45) is 3.88. The van der Waals surface area contributed by atoms with Crippen LogP contribution in [0.5, 0.6) is 0 Å². The lowest BCUT2D eigenvalue weighted by Gasteiger charge is -2.12. The van der Waals surface area contributed by atoms with E-state index >= 15 is 0 Å². The number of benzene rings is 1. The van der Waals surface area contributed by atoms with Gasteiger partial charge < -0.3 is 0 Å². The summed E-state index contributed by atoms with van der Waals surface area (Å²) < 4.78 is 27.4. The van der Waals surface area contributed by atoms with Crippen molar-refractivity contribution in [3.05, 3.63) is 40.9 Å². The molecule has 0 aliphatic heterocycles. The van der Waals surface area contributed by atoms with Crippen LogP contribution < -0.4 is 10.0 Å². The molecule has 2 N–H and O–H groups in total. The molecule has 0 radical (unpaired) electrons. The van der Waals surface area contributed by atoms with Crippen LogP contribution in [0.1, 0.15) is 41.7 Å². The minimum atomic E-state index is -3.53. The Balaban J connectivity index is 1.69. The van der Waals surface area contributed by atoms with Crippen LogP contribution in [0.15, 0.2) is 34.5 Å². The number of carbonyl (C=O) groups excluding carboxylic acids is 1. The van der Waals surface area contributed by atoms with Crippen molar-refractivity contribution in [2.75, 3.05) is 5.32 Å². The van der Waals surface area contributed by atoms with Crippen molar-refractivity contribution in [3.8, 4) is 0 Å². The number of rotatable bonds is 5. The molecule has 0 bridgehead atoms. The quantitative estimate of drug-likeness (QED) is 0.853. The highest BCUT2D eigenvalue weighted by atomic mass is 32.2. The van der Waals surface area contributed by atoms with E-state index < -0.39 is 10.0 Å². The van der Waals surface area contributed by atoms with Crippen molar-refractivity contribution < 1.29 is 13.2 Å². The highest BCUT2D eigenvalue weighted by Gasteiger charge is 2.23. The second-order valence-electron chi connectivity index (χ2n) is 5.88. The standard InChI is InChI=1S/C16H19N3O3S2/c1-11-10-23-16(17-11)18-15(20)12-6-8-14(9-7-12)24(21,22)19-13-4-2-3-5-13/h6-10,13,19H,2-5H2,1H3,(H,17,18,20). The fourth-order valence-corrected chi connectivity index (χ4v) is 4.69. The zero-order chi connectivity index (χ0) is 17.2. The molecule has 1 aromatic carbocycles. The summed E-state index contributed by atoms with van der Waals surface area (Å²) in [4.78, 5) is 16.5. The maximum absolute atomic E-state index is 12.3. The van der Waals surface area contributed by atoms with Crippen molar-refractivity contribution in [3.63, 3.8) is 0 Å². The van der Waals surface area contributed by atoms with Crippen molar-refractivity contribution in [2.24, 2.45) is 0 Å². The van der Waals surface area contributed by atoms with Gasteiger partial charge in [0.2, 0.25) is 10.0 Å². The fourth-order valence-electron chi connectivity index (χ4n) is 2.70. The smallest absolute Gasteiger partial charge is 0.257 e. The lowest BCUT2D eigenvalue weighted by atomic mass is 10.2. The van der Waals surface area contributed by atoms with Crippen molar-refractivity contribution >= 4 is 32.4 Å². The minimum absolute atomic E-state index is 0.0196. The summed E-state index contributed by atoms with van der Waals surface area (Å²) in [6.45, 7) is 1.85. The Hall–Kier alpha value is -1.77. The molecule has 6 nitrogen and oxygen atoms in total. The Morgan fingerprint density at radius 1 is 1.21 bits per heavy atom. The molecule has 1 aromatic heterocycles. The molecule has 2 aromatic rings. The number of hydrogen-bond donors (Lipinski definition) is 2. The largest absolute Gasteiger partial charge is 0.298 e. The van der Waals surface area contributed by atoms with E-state index in [0.717, 1.165) is 31.4 Å². The van der Waals surface area contributed by atoms with Crippen LogP contribution >= 0.6 is 11.3 Å². The van der Waals surface area contributed by atoms with Crippen LogP contribution in [0.4, 0.5) is 5.13 Å². The van der Waals surface area contributed by atoms with Crippen LogP contribution in [0, 0.1) is 6.92 Å². The molecular weight excluding hydrogens is 346 g/mol. The fraction of sp³-hybridized carbons (Fsp3) is 0.375. The molecule has 3 rings (SSSR count). The lowest BCUT2D eigenvalue weighted by molar-refractivity contribution is 0.102. The first-order chi connectivity index (χ1) is 11.4. The SMILES string of the molecule is Cc1csc(NC(=O)c2ccc(S(=O)(=O)NC3CCCC3)cc2)n1.